The number of rotatable bonds is 3. The van der Waals surface area contributed by atoms with Crippen molar-refractivity contribution >= 4 is 55.8 Å². The maximum Gasteiger partial charge on any atom is 0.222 e. The third-order valence-corrected chi connectivity index (χ3v) is 5.55. The number of benzene rings is 2. The fourth-order valence-electron chi connectivity index (χ4n) is 3.95. The van der Waals surface area contributed by atoms with Crippen molar-refractivity contribution < 1.29 is 0 Å². The molecule has 0 aliphatic heterocycles. The third kappa shape index (κ3) is 2.33. The van der Waals surface area contributed by atoms with E-state index in [1.807, 2.05) is 71.8 Å². The smallest absolute Gasteiger partial charge is 0.222 e. The molecule has 6 aromatic rings. The van der Waals surface area contributed by atoms with Crippen molar-refractivity contribution in [3.8, 4) is 0 Å². The van der Waals surface area contributed by atoms with Gasteiger partial charge in [-0.25, -0.2) is 9.97 Å². The number of aromatic nitrogens is 6. The molecule has 0 unspecified atom stereocenters. The second-order valence-corrected chi connectivity index (χ2v) is 7.25. The molecule has 0 aliphatic rings. The predicted octanol–water partition coefficient (Wildman–Crippen LogP) is 4.00. The summed E-state index contributed by atoms with van der Waals surface area (Å²) in [6.07, 6.45) is 3.59. The van der Waals surface area contributed by atoms with E-state index >= 15 is 0 Å². The third-order valence-electron chi connectivity index (χ3n) is 5.55. The molecule has 4 aromatic heterocycles. The van der Waals surface area contributed by atoms with Crippen LogP contribution in [0.15, 0.2) is 60.9 Å². The number of hydrogen-bond acceptors (Lipinski definition) is 6. The molecule has 2 aromatic carbocycles. The second kappa shape index (κ2) is 6.15. The molecule has 146 valence electrons. The normalized spacial score (nSPS) is 11.7. The Morgan fingerprint density at radius 3 is 1.57 bits per heavy atom. The minimum atomic E-state index is 0.694. The van der Waals surface area contributed by atoms with Gasteiger partial charge in [-0.2, -0.15) is 0 Å². The number of fused-ring (bicyclic) bond motifs is 6. The number of anilines is 2. The van der Waals surface area contributed by atoms with Crippen LogP contribution in [0, 0.1) is 0 Å². The van der Waals surface area contributed by atoms with Crippen molar-refractivity contribution in [2.45, 2.75) is 0 Å². The van der Waals surface area contributed by atoms with E-state index in [0.29, 0.717) is 11.9 Å². The van der Waals surface area contributed by atoms with Crippen molar-refractivity contribution in [1.29, 1.82) is 0 Å². The van der Waals surface area contributed by atoms with Crippen LogP contribution in [0.3, 0.4) is 0 Å². The zero-order valence-corrected chi connectivity index (χ0v) is 16.5. The molecule has 2 N–H and O–H groups in total. The average molecular weight is 394 g/mol. The molecule has 0 spiro atoms. The van der Waals surface area contributed by atoms with E-state index in [0.717, 1.165) is 43.9 Å². The highest BCUT2D eigenvalue weighted by molar-refractivity contribution is 6.04. The number of nitrogens with one attached hydrogen (secondary N) is 2. The van der Waals surface area contributed by atoms with Crippen LogP contribution in [0.25, 0.3) is 43.9 Å². The molecule has 4 heterocycles. The van der Waals surface area contributed by atoms with Crippen LogP contribution in [-0.2, 0) is 14.1 Å². The van der Waals surface area contributed by atoms with Crippen molar-refractivity contribution in [1.82, 2.24) is 29.1 Å². The number of hydrazine groups is 1. The molecular formula is C22H18N8. The lowest BCUT2D eigenvalue weighted by Crippen LogP contribution is -2.15. The molecule has 0 aliphatic carbocycles. The monoisotopic (exact) mass is 394 g/mol. The molecule has 0 radical (unpaired) electrons. The van der Waals surface area contributed by atoms with Gasteiger partial charge in [-0.1, -0.05) is 0 Å². The van der Waals surface area contributed by atoms with E-state index in [1.54, 1.807) is 12.4 Å². The summed E-state index contributed by atoms with van der Waals surface area (Å²) in [6.45, 7) is 0. The number of pyridine rings is 2. The van der Waals surface area contributed by atoms with E-state index in [1.165, 1.54) is 0 Å². The lowest BCUT2D eigenvalue weighted by molar-refractivity contribution is 0.923. The van der Waals surface area contributed by atoms with Crippen LogP contribution < -0.4 is 10.9 Å². The first kappa shape index (κ1) is 16.7. The minimum Gasteiger partial charge on any atom is -0.312 e. The van der Waals surface area contributed by atoms with Gasteiger partial charge in [0.2, 0.25) is 11.9 Å². The second-order valence-electron chi connectivity index (χ2n) is 7.25. The SMILES string of the molecule is Cn1c(NNc2nc3c4cccnc4ccc3n2C)nc2c3cccnc3ccc21. The molecule has 8 heteroatoms. The first-order valence-corrected chi connectivity index (χ1v) is 9.63. The lowest BCUT2D eigenvalue weighted by atomic mass is 10.2. The maximum absolute atomic E-state index is 4.79. The summed E-state index contributed by atoms with van der Waals surface area (Å²) < 4.78 is 4.02. The fourth-order valence-corrected chi connectivity index (χ4v) is 3.95. The summed E-state index contributed by atoms with van der Waals surface area (Å²) in [5.74, 6) is 1.39. The van der Waals surface area contributed by atoms with Gasteiger partial charge in [0.1, 0.15) is 11.0 Å². The highest BCUT2D eigenvalue weighted by Gasteiger charge is 2.14. The van der Waals surface area contributed by atoms with Crippen molar-refractivity contribution in [2.24, 2.45) is 14.1 Å². The van der Waals surface area contributed by atoms with Gasteiger partial charge in [-0.15, -0.1) is 0 Å². The van der Waals surface area contributed by atoms with E-state index in [-0.39, 0.29) is 0 Å². The number of imidazole rings is 2. The van der Waals surface area contributed by atoms with Gasteiger partial charge in [0, 0.05) is 37.3 Å². The zero-order valence-electron chi connectivity index (χ0n) is 16.5. The Bertz CT molecular complexity index is 1460. The molecular weight excluding hydrogens is 376 g/mol. The van der Waals surface area contributed by atoms with E-state index in [9.17, 15) is 0 Å². The molecule has 6 rings (SSSR count). The molecule has 0 saturated carbocycles. The van der Waals surface area contributed by atoms with Crippen LogP contribution >= 0.6 is 0 Å². The summed E-state index contributed by atoms with van der Waals surface area (Å²) in [6, 6.07) is 16.1. The molecule has 0 atom stereocenters. The highest BCUT2D eigenvalue weighted by atomic mass is 15.5. The number of nitrogens with zero attached hydrogens (tertiary/aromatic N) is 6. The quantitative estimate of drug-likeness (QED) is 0.442. The van der Waals surface area contributed by atoms with E-state index < -0.39 is 0 Å². The van der Waals surface area contributed by atoms with Gasteiger partial charge < -0.3 is 9.13 Å². The Kier molecular flexibility index (Phi) is 3.43. The molecule has 30 heavy (non-hydrogen) atoms. The van der Waals surface area contributed by atoms with Gasteiger partial charge >= 0.3 is 0 Å². The summed E-state index contributed by atoms with van der Waals surface area (Å²) in [4.78, 5) is 18.4. The van der Waals surface area contributed by atoms with Crippen molar-refractivity contribution in [3.05, 3.63) is 60.9 Å². The molecule has 0 saturated heterocycles. The van der Waals surface area contributed by atoms with Crippen LogP contribution in [0.5, 0.6) is 0 Å². The van der Waals surface area contributed by atoms with Crippen LogP contribution in [0.1, 0.15) is 0 Å². The van der Waals surface area contributed by atoms with Crippen molar-refractivity contribution in [2.75, 3.05) is 10.9 Å². The zero-order chi connectivity index (χ0) is 20.2. The summed E-state index contributed by atoms with van der Waals surface area (Å²) >= 11 is 0. The predicted molar refractivity (Wildman–Crippen MR) is 119 cm³/mol. The van der Waals surface area contributed by atoms with Crippen LogP contribution in [0.4, 0.5) is 11.9 Å². The molecule has 0 bridgehead atoms. The van der Waals surface area contributed by atoms with Gasteiger partial charge in [-0.3, -0.25) is 20.8 Å². The number of hydrogen-bond donors (Lipinski definition) is 2. The largest absolute Gasteiger partial charge is 0.312 e. The Morgan fingerprint density at radius 1 is 0.633 bits per heavy atom. The molecule has 0 fully saturated rings. The number of aryl methyl sites for hydroxylation is 2. The average Bonchev–Trinajstić information content (AvgIpc) is 3.29. The Morgan fingerprint density at radius 2 is 1.10 bits per heavy atom. The Labute approximate surface area is 171 Å². The Balaban J connectivity index is 1.41. The van der Waals surface area contributed by atoms with Crippen LogP contribution in [-0.4, -0.2) is 29.1 Å². The lowest BCUT2D eigenvalue weighted by Gasteiger charge is -2.08. The topological polar surface area (TPSA) is 85.5 Å². The van der Waals surface area contributed by atoms with Crippen molar-refractivity contribution in [3.63, 3.8) is 0 Å². The first-order valence-electron chi connectivity index (χ1n) is 9.63. The standard InChI is InChI=1S/C22H18N8/c1-29-17-9-7-15-13(5-3-11-23-15)19(17)25-21(29)27-28-22-26-20-14-6-4-12-24-16(14)8-10-18(20)30(22)2/h3-12H,1-2H3,(H,25,27)(H,26,28). The van der Waals surface area contributed by atoms with E-state index in [2.05, 4.69) is 20.8 Å². The van der Waals surface area contributed by atoms with Gasteiger partial charge in [0.25, 0.3) is 0 Å². The fraction of sp³-hybridized carbons (Fsp3) is 0.0909. The van der Waals surface area contributed by atoms with E-state index in [4.69, 9.17) is 9.97 Å². The Hall–Kier alpha value is -4.20. The first-order chi connectivity index (χ1) is 14.7. The summed E-state index contributed by atoms with van der Waals surface area (Å²) in [7, 11) is 3.96. The summed E-state index contributed by atoms with van der Waals surface area (Å²) in [5, 5.41) is 2.06. The van der Waals surface area contributed by atoms with Crippen LogP contribution in [0.2, 0.25) is 0 Å². The molecule has 8 nitrogen and oxygen atoms in total. The van der Waals surface area contributed by atoms with Gasteiger partial charge in [0.15, 0.2) is 0 Å². The maximum atomic E-state index is 4.79. The summed E-state index contributed by atoms with van der Waals surface area (Å²) in [5.41, 5.74) is 12.2. The highest BCUT2D eigenvalue weighted by Crippen LogP contribution is 2.27. The van der Waals surface area contributed by atoms with Gasteiger partial charge in [-0.05, 0) is 48.5 Å². The minimum absolute atomic E-state index is 0.694. The van der Waals surface area contributed by atoms with Gasteiger partial charge in [0.05, 0.1) is 22.1 Å². The molecule has 0 amide bonds.